The van der Waals surface area contributed by atoms with Crippen molar-refractivity contribution in [2.75, 3.05) is 5.32 Å². The average Bonchev–Trinajstić information content (AvgIpc) is 2.68. The van der Waals surface area contributed by atoms with Gasteiger partial charge in [0.25, 0.3) is 0 Å². The Hall–Kier alpha value is -3.42. The minimum Gasteiger partial charge on any atom is -0.478 e. The molecule has 0 amide bonds. The highest BCUT2D eigenvalue weighted by atomic mass is 19.4. The first kappa shape index (κ1) is 20.3. The first-order valence-electron chi connectivity index (χ1n) is 8.92. The number of aromatic nitrogens is 2. The number of aromatic carboxylic acids is 1. The van der Waals surface area contributed by atoms with Gasteiger partial charge in [-0.15, -0.1) is 0 Å². The molecule has 0 saturated heterocycles. The van der Waals surface area contributed by atoms with Crippen LogP contribution in [0.1, 0.15) is 35.0 Å². The molecule has 0 fully saturated rings. The van der Waals surface area contributed by atoms with Gasteiger partial charge in [0.1, 0.15) is 5.69 Å². The average molecular weight is 401 g/mol. The largest absolute Gasteiger partial charge is 0.478 e. The summed E-state index contributed by atoms with van der Waals surface area (Å²) in [5.41, 5.74) is 1.92. The molecule has 0 aliphatic rings. The van der Waals surface area contributed by atoms with Crippen LogP contribution in [0.3, 0.4) is 0 Å². The van der Waals surface area contributed by atoms with E-state index in [4.69, 9.17) is 0 Å². The van der Waals surface area contributed by atoms with Gasteiger partial charge in [-0.1, -0.05) is 37.6 Å². The van der Waals surface area contributed by atoms with Gasteiger partial charge in [-0.2, -0.15) is 13.2 Å². The Labute approximate surface area is 165 Å². The molecule has 1 aromatic heterocycles. The topological polar surface area (TPSA) is 75.1 Å². The fraction of sp³-hybridized carbons (Fsp3) is 0.190. The number of halogens is 3. The lowest BCUT2D eigenvalue weighted by molar-refractivity contribution is -0.141. The van der Waals surface area contributed by atoms with E-state index in [2.05, 4.69) is 15.3 Å². The van der Waals surface area contributed by atoms with Crippen LogP contribution in [-0.4, -0.2) is 21.0 Å². The van der Waals surface area contributed by atoms with Gasteiger partial charge in [0.15, 0.2) is 0 Å². The third-order valence-corrected chi connectivity index (χ3v) is 4.28. The van der Waals surface area contributed by atoms with Crippen molar-refractivity contribution in [1.29, 1.82) is 0 Å². The Morgan fingerprint density at radius 3 is 2.59 bits per heavy atom. The predicted octanol–water partition coefficient (Wildman–Crippen LogP) is 5.56. The summed E-state index contributed by atoms with van der Waals surface area (Å²) in [6.45, 7) is 1.96. The molecule has 29 heavy (non-hydrogen) atoms. The number of carboxylic acids is 1. The van der Waals surface area contributed by atoms with Crippen LogP contribution < -0.4 is 5.32 Å². The van der Waals surface area contributed by atoms with Crippen LogP contribution in [0.4, 0.5) is 24.8 Å². The van der Waals surface area contributed by atoms with E-state index in [1.54, 1.807) is 30.3 Å². The van der Waals surface area contributed by atoms with Gasteiger partial charge in [-0.3, -0.25) is 0 Å². The van der Waals surface area contributed by atoms with Gasteiger partial charge < -0.3 is 10.4 Å². The number of nitrogens with one attached hydrogen (secondary N) is 1. The molecule has 8 heteroatoms. The molecule has 0 aliphatic carbocycles. The Balaban J connectivity index is 1.97. The Kier molecular flexibility index (Phi) is 5.81. The molecule has 0 unspecified atom stereocenters. The third kappa shape index (κ3) is 4.71. The second-order valence-electron chi connectivity index (χ2n) is 6.36. The van der Waals surface area contributed by atoms with Crippen LogP contribution in [0, 0.1) is 0 Å². The second-order valence-corrected chi connectivity index (χ2v) is 6.36. The molecule has 0 bridgehead atoms. The Morgan fingerprint density at radius 1 is 1.14 bits per heavy atom. The van der Waals surface area contributed by atoms with Crippen molar-refractivity contribution in [2.45, 2.75) is 25.9 Å². The van der Waals surface area contributed by atoms with Gasteiger partial charge in [-0.25, -0.2) is 14.8 Å². The maximum atomic E-state index is 12.8. The maximum absolute atomic E-state index is 12.8. The van der Waals surface area contributed by atoms with E-state index in [0.717, 1.165) is 35.4 Å². The second kappa shape index (κ2) is 8.30. The molecule has 0 saturated carbocycles. The van der Waals surface area contributed by atoms with Crippen LogP contribution >= 0.6 is 0 Å². The fourth-order valence-electron chi connectivity index (χ4n) is 3.05. The molecule has 1 heterocycles. The van der Waals surface area contributed by atoms with E-state index in [1.807, 2.05) is 19.1 Å². The van der Waals surface area contributed by atoms with E-state index in [-0.39, 0.29) is 11.5 Å². The number of nitrogens with zero attached hydrogens (tertiary/aromatic N) is 2. The lowest BCUT2D eigenvalue weighted by Crippen LogP contribution is -2.10. The highest BCUT2D eigenvalue weighted by Gasteiger charge is 2.32. The fourth-order valence-corrected chi connectivity index (χ4v) is 3.05. The maximum Gasteiger partial charge on any atom is 0.433 e. The molecule has 0 radical (unpaired) electrons. The molecular weight excluding hydrogens is 383 g/mol. The summed E-state index contributed by atoms with van der Waals surface area (Å²) in [7, 11) is 0. The number of anilines is 2. The summed E-state index contributed by atoms with van der Waals surface area (Å²) >= 11 is 0. The van der Waals surface area contributed by atoms with Crippen molar-refractivity contribution in [2.24, 2.45) is 0 Å². The summed E-state index contributed by atoms with van der Waals surface area (Å²) in [5.74, 6) is -1.17. The number of benzene rings is 2. The molecule has 3 aromatic rings. The van der Waals surface area contributed by atoms with E-state index in [9.17, 15) is 23.1 Å². The van der Waals surface area contributed by atoms with Crippen LogP contribution in [0.15, 0.2) is 54.7 Å². The van der Waals surface area contributed by atoms with Gasteiger partial charge in [-0.05, 0) is 47.4 Å². The minimum absolute atomic E-state index is 0.176. The monoisotopic (exact) mass is 401 g/mol. The SMILES string of the molecule is CCCc1c(C(=O)O)cccc1-c1cccc(Nc2nccc(C(F)(F)F)n2)c1. The van der Waals surface area contributed by atoms with Crippen molar-refractivity contribution >= 4 is 17.6 Å². The summed E-state index contributed by atoms with van der Waals surface area (Å²) in [6, 6.07) is 12.8. The number of alkyl halides is 3. The number of hydrogen-bond acceptors (Lipinski definition) is 4. The number of carbonyl (C=O) groups is 1. The highest BCUT2D eigenvalue weighted by molar-refractivity contribution is 5.92. The van der Waals surface area contributed by atoms with Crippen molar-refractivity contribution in [3.8, 4) is 11.1 Å². The van der Waals surface area contributed by atoms with Crippen molar-refractivity contribution < 1.29 is 23.1 Å². The van der Waals surface area contributed by atoms with Crippen LogP contribution in [0.2, 0.25) is 0 Å². The van der Waals surface area contributed by atoms with E-state index in [1.165, 1.54) is 0 Å². The molecule has 0 aliphatic heterocycles. The quantitative estimate of drug-likeness (QED) is 0.566. The predicted molar refractivity (Wildman–Crippen MR) is 103 cm³/mol. The molecule has 2 N–H and O–H groups in total. The van der Waals surface area contributed by atoms with Crippen LogP contribution in [0.25, 0.3) is 11.1 Å². The lowest BCUT2D eigenvalue weighted by atomic mass is 9.92. The van der Waals surface area contributed by atoms with E-state index >= 15 is 0 Å². The van der Waals surface area contributed by atoms with Gasteiger partial charge in [0, 0.05) is 11.9 Å². The minimum atomic E-state index is -4.56. The van der Waals surface area contributed by atoms with E-state index in [0.29, 0.717) is 12.1 Å². The molecule has 150 valence electrons. The number of rotatable bonds is 6. The molecule has 3 rings (SSSR count). The standard InChI is InChI=1S/C21H18F3N3O2/c1-2-5-16-15(8-4-9-17(16)19(28)29)13-6-3-7-14(12-13)26-20-25-11-10-18(27-20)21(22,23)24/h3-4,6-12H,2,5H2,1H3,(H,28,29)(H,25,26,27). The Bertz CT molecular complexity index is 1040. The number of carboxylic acid groups (broad SMARTS) is 1. The molecule has 5 nitrogen and oxygen atoms in total. The molecule has 0 spiro atoms. The summed E-state index contributed by atoms with van der Waals surface area (Å²) < 4.78 is 38.5. The first-order chi connectivity index (χ1) is 13.8. The summed E-state index contributed by atoms with van der Waals surface area (Å²) in [5, 5.41) is 12.3. The van der Waals surface area contributed by atoms with Crippen LogP contribution in [-0.2, 0) is 12.6 Å². The highest BCUT2D eigenvalue weighted by Crippen LogP contribution is 2.31. The van der Waals surface area contributed by atoms with Gasteiger partial charge >= 0.3 is 12.1 Å². The van der Waals surface area contributed by atoms with Crippen molar-refractivity contribution in [3.05, 3.63) is 71.5 Å². The van der Waals surface area contributed by atoms with Crippen LogP contribution in [0.5, 0.6) is 0 Å². The molecule has 2 aromatic carbocycles. The Morgan fingerprint density at radius 2 is 1.90 bits per heavy atom. The smallest absolute Gasteiger partial charge is 0.433 e. The normalized spacial score (nSPS) is 11.3. The van der Waals surface area contributed by atoms with Gasteiger partial charge in [0.2, 0.25) is 5.95 Å². The summed E-state index contributed by atoms with van der Waals surface area (Å²) in [4.78, 5) is 18.9. The lowest BCUT2D eigenvalue weighted by Gasteiger charge is -2.14. The van der Waals surface area contributed by atoms with Gasteiger partial charge in [0.05, 0.1) is 5.56 Å². The molecule has 0 atom stereocenters. The zero-order chi connectivity index (χ0) is 21.0. The zero-order valence-electron chi connectivity index (χ0n) is 15.5. The third-order valence-electron chi connectivity index (χ3n) is 4.28. The molecular formula is C21H18F3N3O2. The first-order valence-corrected chi connectivity index (χ1v) is 8.92. The summed E-state index contributed by atoms with van der Waals surface area (Å²) in [6.07, 6.45) is -2.16. The number of hydrogen-bond donors (Lipinski definition) is 2. The zero-order valence-corrected chi connectivity index (χ0v) is 15.5. The van der Waals surface area contributed by atoms with Crippen molar-refractivity contribution in [3.63, 3.8) is 0 Å². The van der Waals surface area contributed by atoms with Crippen molar-refractivity contribution in [1.82, 2.24) is 9.97 Å². The van der Waals surface area contributed by atoms with E-state index < -0.39 is 17.8 Å².